The number of aromatic amines is 2. The Hall–Kier alpha value is -2.05. The fraction of sp³-hybridized carbons (Fsp3) is 0.500. The van der Waals surface area contributed by atoms with Crippen molar-refractivity contribution in [3.05, 3.63) is 20.8 Å². The minimum absolute atomic E-state index is 0.328. The van der Waals surface area contributed by atoms with Gasteiger partial charge in [0.2, 0.25) is 5.95 Å². The second-order valence-electron chi connectivity index (χ2n) is 3.75. The van der Waals surface area contributed by atoms with E-state index >= 15 is 0 Å². The summed E-state index contributed by atoms with van der Waals surface area (Å²) >= 11 is 0. The zero-order valence-electron chi connectivity index (χ0n) is 10.1. The van der Waals surface area contributed by atoms with Crippen molar-refractivity contribution < 1.29 is 0 Å². The Morgan fingerprint density at radius 1 is 1.24 bits per heavy atom. The van der Waals surface area contributed by atoms with E-state index in [4.69, 9.17) is 0 Å². The first-order chi connectivity index (χ1) is 8.08. The predicted octanol–water partition coefficient (Wildman–Crippen LogP) is -0.204. The quantitative estimate of drug-likeness (QED) is 0.773. The van der Waals surface area contributed by atoms with Crippen LogP contribution < -0.4 is 16.1 Å². The van der Waals surface area contributed by atoms with E-state index in [9.17, 15) is 9.59 Å². The molecule has 0 fully saturated rings. The molecule has 92 valence electrons. The Bertz CT molecular complexity index is 647. The fourth-order valence-corrected chi connectivity index (χ4v) is 1.77. The highest BCUT2D eigenvalue weighted by atomic mass is 16.2. The van der Waals surface area contributed by atoms with Gasteiger partial charge < -0.3 is 9.88 Å². The normalized spacial score (nSPS) is 11.0. The van der Waals surface area contributed by atoms with Crippen LogP contribution in [0, 0.1) is 0 Å². The van der Waals surface area contributed by atoms with E-state index in [-0.39, 0.29) is 0 Å². The van der Waals surface area contributed by atoms with E-state index in [0.29, 0.717) is 17.1 Å². The van der Waals surface area contributed by atoms with Gasteiger partial charge in [-0.25, -0.2) is 4.79 Å². The van der Waals surface area contributed by atoms with E-state index in [0.717, 1.165) is 13.1 Å². The molecule has 2 heterocycles. The lowest BCUT2D eigenvalue weighted by atomic mass is 10.5. The van der Waals surface area contributed by atoms with Crippen molar-refractivity contribution in [1.29, 1.82) is 0 Å². The summed E-state index contributed by atoms with van der Waals surface area (Å²) in [7, 11) is 1.58. The third-order valence-electron chi connectivity index (χ3n) is 2.81. The molecule has 2 N–H and O–H groups in total. The molecule has 0 aromatic carbocycles. The van der Waals surface area contributed by atoms with E-state index < -0.39 is 11.2 Å². The smallest absolute Gasteiger partial charge is 0.329 e. The zero-order chi connectivity index (χ0) is 12.6. The average Bonchev–Trinajstić information content (AvgIpc) is 2.73. The van der Waals surface area contributed by atoms with Crippen LogP contribution in [0.1, 0.15) is 13.8 Å². The number of nitrogens with zero attached hydrogens (tertiary/aromatic N) is 3. The lowest BCUT2D eigenvalue weighted by molar-refractivity contribution is 0.820. The number of nitrogens with one attached hydrogen (secondary N) is 2. The Kier molecular flexibility index (Phi) is 2.74. The highest BCUT2D eigenvalue weighted by molar-refractivity contribution is 5.72. The monoisotopic (exact) mass is 237 g/mol. The number of aryl methyl sites for hydroxylation is 1. The summed E-state index contributed by atoms with van der Waals surface area (Å²) in [4.78, 5) is 34.5. The summed E-state index contributed by atoms with van der Waals surface area (Å²) in [5.74, 6) is 0.608. The number of anilines is 1. The first kappa shape index (κ1) is 11.4. The van der Waals surface area contributed by atoms with Gasteiger partial charge in [0, 0.05) is 20.1 Å². The predicted molar refractivity (Wildman–Crippen MR) is 65.5 cm³/mol. The summed E-state index contributed by atoms with van der Waals surface area (Å²) in [6.07, 6.45) is 0. The summed E-state index contributed by atoms with van der Waals surface area (Å²) in [5.41, 5.74) is -0.191. The molecule has 0 aliphatic rings. The molecular weight excluding hydrogens is 222 g/mol. The van der Waals surface area contributed by atoms with Crippen molar-refractivity contribution in [2.75, 3.05) is 18.0 Å². The van der Waals surface area contributed by atoms with Crippen molar-refractivity contribution in [3.8, 4) is 0 Å². The van der Waals surface area contributed by atoms with Gasteiger partial charge in [-0.15, -0.1) is 0 Å². The number of hydrogen-bond acceptors (Lipinski definition) is 4. The third-order valence-corrected chi connectivity index (χ3v) is 2.81. The Morgan fingerprint density at radius 2 is 1.88 bits per heavy atom. The number of rotatable bonds is 3. The summed E-state index contributed by atoms with van der Waals surface area (Å²) in [6, 6.07) is 0. The molecule has 0 atom stereocenters. The van der Waals surface area contributed by atoms with Crippen molar-refractivity contribution >= 4 is 17.1 Å². The number of imidazole rings is 1. The highest BCUT2D eigenvalue weighted by Crippen LogP contribution is 2.12. The minimum atomic E-state index is -0.458. The molecule has 2 aromatic rings. The van der Waals surface area contributed by atoms with Crippen molar-refractivity contribution in [3.63, 3.8) is 0 Å². The number of aromatic nitrogens is 4. The molecule has 0 saturated heterocycles. The van der Waals surface area contributed by atoms with Gasteiger partial charge in [-0.2, -0.15) is 4.98 Å². The van der Waals surface area contributed by atoms with Gasteiger partial charge in [0.05, 0.1) is 0 Å². The van der Waals surface area contributed by atoms with Crippen LogP contribution in [0.2, 0.25) is 0 Å². The van der Waals surface area contributed by atoms with Crippen LogP contribution in [0.5, 0.6) is 0 Å². The second-order valence-corrected chi connectivity index (χ2v) is 3.75. The van der Waals surface area contributed by atoms with E-state index in [1.54, 1.807) is 7.05 Å². The second kappa shape index (κ2) is 4.08. The summed E-state index contributed by atoms with van der Waals surface area (Å²) in [6.45, 7) is 5.56. The molecule has 0 aliphatic carbocycles. The molecule has 0 amide bonds. The van der Waals surface area contributed by atoms with E-state index in [2.05, 4.69) is 15.0 Å². The lowest BCUT2D eigenvalue weighted by Gasteiger charge is -2.16. The lowest BCUT2D eigenvalue weighted by Crippen LogP contribution is -2.28. The Morgan fingerprint density at radius 3 is 2.47 bits per heavy atom. The van der Waals surface area contributed by atoms with Gasteiger partial charge in [0.25, 0.3) is 5.56 Å². The van der Waals surface area contributed by atoms with Crippen LogP contribution in [-0.2, 0) is 7.05 Å². The molecule has 0 spiro atoms. The van der Waals surface area contributed by atoms with Crippen molar-refractivity contribution in [2.24, 2.45) is 7.05 Å². The topological polar surface area (TPSA) is 86.8 Å². The molecular formula is C10H15N5O2. The molecule has 7 nitrogen and oxygen atoms in total. The first-order valence-electron chi connectivity index (χ1n) is 5.52. The SMILES string of the molecule is CCN(CC)c1nc2c([nH]1)c(=O)[nH]c(=O)n2C. The number of hydrogen-bond donors (Lipinski definition) is 2. The highest BCUT2D eigenvalue weighted by Gasteiger charge is 2.13. The van der Waals surface area contributed by atoms with Gasteiger partial charge in [-0.05, 0) is 13.8 Å². The maximum atomic E-state index is 11.6. The Labute approximate surface area is 97.1 Å². The standard InChI is InChI=1S/C10H15N5O2/c1-4-15(5-2)9-11-6-7(12-9)14(3)10(17)13-8(6)16/h4-5H2,1-3H3,(H,11,12)(H,13,16,17). The molecule has 0 saturated carbocycles. The fourth-order valence-electron chi connectivity index (χ4n) is 1.77. The Balaban J connectivity index is 2.73. The number of H-pyrrole nitrogens is 2. The maximum Gasteiger partial charge on any atom is 0.329 e. The first-order valence-corrected chi connectivity index (χ1v) is 5.52. The molecule has 0 unspecified atom stereocenters. The van der Waals surface area contributed by atoms with Gasteiger partial charge in [-0.3, -0.25) is 14.3 Å². The molecule has 0 bridgehead atoms. The van der Waals surface area contributed by atoms with Crippen LogP contribution in [0.25, 0.3) is 11.2 Å². The van der Waals surface area contributed by atoms with E-state index in [1.807, 2.05) is 18.7 Å². The van der Waals surface area contributed by atoms with Gasteiger partial charge in [-0.1, -0.05) is 0 Å². The van der Waals surface area contributed by atoms with Crippen molar-refractivity contribution in [1.82, 2.24) is 19.5 Å². The molecule has 17 heavy (non-hydrogen) atoms. The zero-order valence-corrected chi connectivity index (χ0v) is 10.1. The van der Waals surface area contributed by atoms with Gasteiger partial charge in [0.15, 0.2) is 11.2 Å². The molecule has 7 heteroatoms. The minimum Gasteiger partial charge on any atom is -0.343 e. The maximum absolute atomic E-state index is 11.6. The summed E-state index contributed by atoms with van der Waals surface area (Å²) < 4.78 is 1.32. The van der Waals surface area contributed by atoms with Crippen LogP contribution >= 0.6 is 0 Å². The molecule has 2 aromatic heterocycles. The largest absolute Gasteiger partial charge is 0.343 e. The third kappa shape index (κ3) is 1.73. The van der Waals surface area contributed by atoms with Gasteiger partial charge in [0.1, 0.15) is 0 Å². The average molecular weight is 237 g/mol. The van der Waals surface area contributed by atoms with Crippen LogP contribution in [0.4, 0.5) is 5.95 Å². The van der Waals surface area contributed by atoms with Crippen molar-refractivity contribution in [2.45, 2.75) is 13.8 Å². The van der Waals surface area contributed by atoms with Crippen LogP contribution in [0.15, 0.2) is 9.59 Å². The van der Waals surface area contributed by atoms with Crippen LogP contribution in [-0.4, -0.2) is 32.6 Å². The number of fused-ring (bicyclic) bond motifs is 1. The van der Waals surface area contributed by atoms with Gasteiger partial charge >= 0.3 is 5.69 Å². The molecule has 0 radical (unpaired) electrons. The molecule has 2 rings (SSSR count). The summed E-state index contributed by atoms with van der Waals surface area (Å²) in [5, 5.41) is 0. The molecule has 0 aliphatic heterocycles. The van der Waals surface area contributed by atoms with Crippen LogP contribution in [0.3, 0.4) is 0 Å². The van der Waals surface area contributed by atoms with E-state index in [1.165, 1.54) is 4.57 Å².